The summed E-state index contributed by atoms with van der Waals surface area (Å²) in [4.78, 5) is 25.8. The molecule has 1 aliphatic carbocycles. The topological polar surface area (TPSA) is 67.4 Å². The van der Waals surface area contributed by atoms with Crippen molar-refractivity contribution in [3.05, 3.63) is 45.6 Å². The largest absolute Gasteiger partial charge is 0.484 e. The van der Waals surface area contributed by atoms with Gasteiger partial charge in [0.25, 0.3) is 11.8 Å². The van der Waals surface area contributed by atoms with E-state index in [1.807, 2.05) is 13.0 Å². The van der Waals surface area contributed by atoms with Gasteiger partial charge in [0.2, 0.25) is 0 Å². The summed E-state index contributed by atoms with van der Waals surface area (Å²) >= 11 is 1.59. The smallest absolute Gasteiger partial charge is 0.265 e. The third kappa shape index (κ3) is 3.94. The number of amides is 2. The number of carbonyl (C=O) groups excluding carboxylic acids is 2. The van der Waals surface area contributed by atoms with Crippen molar-refractivity contribution in [2.75, 3.05) is 18.5 Å². The Morgan fingerprint density at radius 3 is 2.71 bits per heavy atom. The van der Waals surface area contributed by atoms with Gasteiger partial charge in [-0.15, -0.1) is 11.3 Å². The number of rotatable bonds is 6. The first-order chi connectivity index (χ1) is 11.7. The number of fused-ring (bicyclic) bond motifs is 1. The van der Waals surface area contributed by atoms with Gasteiger partial charge in [-0.25, -0.2) is 0 Å². The van der Waals surface area contributed by atoms with Crippen molar-refractivity contribution in [3.8, 4) is 5.75 Å². The van der Waals surface area contributed by atoms with Crippen LogP contribution >= 0.6 is 11.3 Å². The molecule has 0 bridgehead atoms. The number of aryl methyl sites for hydroxylation is 2. The van der Waals surface area contributed by atoms with Gasteiger partial charge >= 0.3 is 0 Å². The maximum absolute atomic E-state index is 12.3. The van der Waals surface area contributed by atoms with Crippen molar-refractivity contribution in [3.63, 3.8) is 0 Å². The van der Waals surface area contributed by atoms with E-state index in [0.29, 0.717) is 18.0 Å². The molecule has 0 unspecified atom stereocenters. The Morgan fingerprint density at radius 1 is 1.21 bits per heavy atom. The molecule has 1 aliphatic rings. The van der Waals surface area contributed by atoms with Crippen molar-refractivity contribution in [2.24, 2.45) is 0 Å². The van der Waals surface area contributed by atoms with Gasteiger partial charge < -0.3 is 15.4 Å². The Hall–Kier alpha value is -2.34. The van der Waals surface area contributed by atoms with E-state index in [2.05, 4.69) is 10.6 Å². The number of carbonyl (C=O) groups is 2. The van der Waals surface area contributed by atoms with Crippen LogP contribution in [0.1, 0.15) is 33.5 Å². The number of likely N-dealkylation sites (N-methyl/N-ethyl adjacent to an activating group) is 1. The number of hydrogen-bond acceptors (Lipinski definition) is 4. The molecular formula is C18H20N2O3S. The Morgan fingerprint density at radius 2 is 2.00 bits per heavy atom. The van der Waals surface area contributed by atoms with Crippen LogP contribution in [0.25, 0.3) is 0 Å². The summed E-state index contributed by atoms with van der Waals surface area (Å²) in [6.45, 7) is 2.43. The standard InChI is InChI=1S/C18H20N2O3S/c1-2-19-17(21)11-23-14-8-6-13(7-9-14)20-18(22)16-10-12-4-3-5-15(12)24-16/h6-10H,2-5,11H2,1H3,(H,19,21)(H,20,22). The minimum Gasteiger partial charge on any atom is -0.484 e. The van der Waals surface area contributed by atoms with Gasteiger partial charge in [0.05, 0.1) is 4.88 Å². The molecule has 2 amide bonds. The Balaban J connectivity index is 1.55. The van der Waals surface area contributed by atoms with E-state index >= 15 is 0 Å². The number of thiophene rings is 1. The lowest BCUT2D eigenvalue weighted by molar-refractivity contribution is -0.122. The lowest BCUT2D eigenvalue weighted by Gasteiger charge is -2.08. The van der Waals surface area contributed by atoms with E-state index in [1.165, 1.54) is 16.9 Å². The van der Waals surface area contributed by atoms with E-state index < -0.39 is 0 Å². The molecule has 0 aliphatic heterocycles. The predicted octanol–water partition coefficient (Wildman–Crippen LogP) is 3.00. The highest BCUT2D eigenvalue weighted by Gasteiger charge is 2.18. The van der Waals surface area contributed by atoms with Crippen LogP contribution in [0.5, 0.6) is 5.75 Å². The van der Waals surface area contributed by atoms with Gasteiger partial charge in [0, 0.05) is 17.1 Å². The summed E-state index contributed by atoms with van der Waals surface area (Å²) < 4.78 is 5.38. The van der Waals surface area contributed by atoms with Gasteiger partial charge in [-0.3, -0.25) is 9.59 Å². The van der Waals surface area contributed by atoms with Crippen LogP contribution in [-0.4, -0.2) is 25.0 Å². The zero-order chi connectivity index (χ0) is 16.9. The fraction of sp³-hybridized carbons (Fsp3) is 0.333. The highest BCUT2D eigenvalue weighted by molar-refractivity contribution is 7.14. The molecule has 2 N–H and O–H groups in total. The van der Waals surface area contributed by atoms with Crippen molar-refractivity contribution in [1.82, 2.24) is 5.32 Å². The Labute approximate surface area is 145 Å². The molecular weight excluding hydrogens is 324 g/mol. The molecule has 5 nitrogen and oxygen atoms in total. The lowest BCUT2D eigenvalue weighted by atomic mass is 10.2. The van der Waals surface area contributed by atoms with Crippen LogP contribution < -0.4 is 15.4 Å². The average Bonchev–Trinajstić information content (AvgIpc) is 3.16. The summed E-state index contributed by atoms with van der Waals surface area (Å²) in [6.07, 6.45) is 3.36. The highest BCUT2D eigenvalue weighted by Crippen LogP contribution is 2.31. The first kappa shape index (κ1) is 16.5. The second-order valence-corrected chi connectivity index (χ2v) is 6.77. The number of benzene rings is 1. The second kappa shape index (κ2) is 7.49. The molecule has 6 heteroatoms. The van der Waals surface area contributed by atoms with E-state index in [1.54, 1.807) is 35.6 Å². The number of nitrogens with one attached hydrogen (secondary N) is 2. The minimum atomic E-state index is -0.152. The molecule has 0 atom stereocenters. The molecule has 126 valence electrons. The van der Waals surface area contributed by atoms with Crippen molar-refractivity contribution in [2.45, 2.75) is 26.2 Å². The molecule has 0 saturated carbocycles. The third-order valence-corrected chi connectivity index (χ3v) is 5.06. The predicted molar refractivity (Wildman–Crippen MR) is 94.9 cm³/mol. The van der Waals surface area contributed by atoms with E-state index in [-0.39, 0.29) is 18.4 Å². The van der Waals surface area contributed by atoms with Gasteiger partial charge in [0.1, 0.15) is 5.75 Å². The maximum atomic E-state index is 12.3. The number of ether oxygens (including phenoxy) is 1. The minimum absolute atomic E-state index is 0.0136. The van der Waals surface area contributed by atoms with Crippen LogP contribution in [0.2, 0.25) is 0 Å². The molecule has 3 rings (SSSR count). The van der Waals surface area contributed by atoms with Crippen molar-refractivity contribution >= 4 is 28.8 Å². The normalized spacial score (nSPS) is 12.5. The third-order valence-electron chi connectivity index (χ3n) is 3.83. The quantitative estimate of drug-likeness (QED) is 0.846. The second-order valence-electron chi connectivity index (χ2n) is 5.63. The van der Waals surface area contributed by atoms with Crippen molar-refractivity contribution < 1.29 is 14.3 Å². The summed E-state index contributed by atoms with van der Waals surface area (Å²) in [5.74, 6) is 0.361. The van der Waals surface area contributed by atoms with Crippen LogP contribution in [-0.2, 0) is 17.6 Å². The van der Waals surface area contributed by atoms with Crippen LogP contribution in [0.4, 0.5) is 5.69 Å². The van der Waals surface area contributed by atoms with Crippen LogP contribution in [0.3, 0.4) is 0 Å². The van der Waals surface area contributed by atoms with Crippen LogP contribution in [0.15, 0.2) is 30.3 Å². The molecule has 0 spiro atoms. The summed E-state index contributed by atoms with van der Waals surface area (Å²) in [5, 5.41) is 5.56. The molecule has 0 saturated heterocycles. The molecule has 2 aromatic rings. The first-order valence-corrected chi connectivity index (χ1v) is 8.90. The summed E-state index contributed by atoms with van der Waals surface area (Å²) in [6, 6.07) is 9.02. The van der Waals surface area contributed by atoms with E-state index in [9.17, 15) is 9.59 Å². The number of hydrogen-bond donors (Lipinski definition) is 2. The molecule has 1 aromatic heterocycles. The molecule has 1 heterocycles. The fourth-order valence-electron chi connectivity index (χ4n) is 2.67. The van der Waals surface area contributed by atoms with Gasteiger partial charge in [-0.1, -0.05) is 0 Å². The lowest BCUT2D eigenvalue weighted by Crippen LogP contribution is -2.28. The van der Waals surface area contributed by atoms with Gasteiger partial charge in [-0.2, -0.15) is 0 Å². The molecule has 24 heavy (non-hydrogen) atoms. The number of anilines is 1. The zero-order valence-electron chi connectivity index (χ0n) is 13.6. The highest BCUT2D eigenvalue weighted by atomic mass is 32.1. The molecule has 0 fully saturated rings. The first-order valence-electron chi connectivity index (χ1n) is 8.08. The van der Waals surface area contributed by atoms with E-state index in [0.717, 1.165) is 17.7 Å². The summed E-state index contributed by atoms with van der Waals surface area (Å²) in [7, 11) is 0. The van der Waals surface area contributed by atoms with E-state index in [4.69, 9.17) is 4.74 Å². The van der Waals surface area contributed by atoms with Crippen molar-refractivity contribution in [1.29, 1.82) is 0 Å². The average molecular weight is 344 g/mol. The molecule has 1 aromatic carbocycles. The summed E-state index contributed by atoms with van der Waals surface area (Å²) in [5.41, 5.74) is 2.03. The fourth-order valence-corrected chi connectivity index (χ4v) is 3.81. The SMILES string of the molecule is CCNC(=O)COc1ccc(NC(=O)c2cc3c(s2)CCC3)cc1. The maximum Gasteiger partial charge on any atom is 0.265 e. The van der Waals surface area contributed by atoms with Crippen LogP contribution in [0, 0.1) is 0 Å². The van der Waals surface area contributed by atoms with Gasteiger partial charge in [0.15, 0.2) is 6.61 Å². The monoisotopic (exact) mass is 344 g/mol. The Bertz CT molecular complexity index is 716. The Kier molecular flexibility index (Phi) is 5.15. The molecule has 0 radical (unpaired) electrons. The zero-order valence-corrected chi connectivity index (χ0v) is 14.4. The van der Waals surface area contributed by atoms with Gasteiger partial charge in [-0.05, 0) is 62.1 Å².